The summed E-state index contributed by atoms with van der Waals surface area (Å²) in [5, 5.41) is 6.97. The smallest absolute Gasteiger partial charge is 0.325 e. The Kier molecular flexibility index (Phi) is 6.54. The van der Waals surface area contributed by atoms with Crippen LogP contribution in [0.1, 0.15) is 9.67 Å². The monoisotopic (exact) mass is 394 g/mol. The van der Waals surface area contributed by atoms with Crippen LogP contribution in [-0.2, 0) is 14.3 Å². The molecule has 3 rings (SSSR count). The first-order valence-electron chi connectivity index (χ1n) is 8.55. The molecule has 7 heteroatoms. The molecule has 0 unspecified atom stereocenters. The second-order valence-electron chi connectivity index (χ2n) is 5.78. The third kappa shape index (κ3) is 5.28. The Morgan fingerprint density at radius 2 is 1.64 bits per heavy atom. The predicted molar refractivity (Wildman–Crippen MR) is 108 cm³/mol. The Morgan fingerprint density at radius 1 is 0.893 bits per heavy atom. The Morgan fingerprint density at radius 3 is 2.39 bits per heavy atom. The molecule has 28 heavy (non-hydrogen) atoms. The number of esters is 1. The zero-order chi connectivity index (χ0) is 19.8. The average molecular weight is 394 g/mol. The van der Waals surface area contributed by atoms with E-state index in [1.165, 1.54) is 11.3 Å². The average Bonchev–Trinajstić information content (AvgIpc) is 3.26. The van der Waals surface area contributed by atoms with Gasteiger partial charge in [0.05, 0.1) is 4.88 Å². The first-order valence-corrected chi connectivity index (χ1v) is 9.43. The predicted octanol–water partition coefficient (Wildman–Crippen LogP) is 3.33. The van der Waals surface area contributed by atoms with Crippen molar-refractivity contribution in [2.45, 2.75) is 0 Å². The second kappa shape index (κ2) is 9.48. The van der Waals surface area contributed by atoms with Gasteiger partial charge in [0.25, 0.3) is 11.8 Å². The van der Waals surface area contributed by atoms with Crippen molar-refractivity contribution in [3.63, 3.8) is 0 Å². The fraction of sp³-hybridized carbons (Fsp3) is 0.0952. The first-order chi connectivity index (χ1) is 13.6. The van der Waals surface area contributed by atoms with Gasteiger partial charge in [0.15, 0.2) is 6.61 Å². The molecule has 142 valence electrons. The molecule has 0 aliphatic heterocycles. The van der Waals surface area contributed by atoms with Crippen LogP contribution in [-0.4, -0.2) is 30.9 Å². The summed E-state index contributed by atoms with van der Waals surface area (Å²) < 4.78 is 4.93. The normalized spacial score (nSPS) is 10.1. The molecule has 0 atom stereocenters. The van der Waals surface area contributed by atoms with Gasteiger partial charge in [-0.2, -0.15) is 0 Å². The van der Waals surface area contributed by atoms with Gasteiger partial charge in [0.2, 0.25) is 0 Å². The van der Waals surface area contributed by atoms with Crippen LogP contribution in [0.5, 0.6) is 0 Å². The van der Waals surface area contributed by atoms with Crippen molar-refractivity contribution < 1.29 is 19.1 Å². The summed E-state index contributed by atoms with van der Waals surface area (Å²) in [6.07, 6.45) is 0. The second-order valence-corrected chi connectivity index (χ2v) is 6.73. The van der Waals surface area contributed by atoms with Gasteiger partial charge < -0.3 is 15.4 Å². The molecule has 0 saturated heterocycles. The number of rotatable bonds is 7. The Balaban J connectivity index is 1.50. The number of anilines is 1. The maximum Gasteiger partial charge on any atom is 0.325 e. The molecule has 1 aromatic heterocycles. The molecule has 0 aliphatic carbocycles. The molecule has 0 fully saturated rings. The number of hydrogen-bond acceptors (Lipinski definition) is 5. The lowest BCUT2D eigenvalue weighted by atomic mass is 10.0. The highest BCUT2D eigenvalue weighted by molar-refractivity contribution is 7.12. The lowest BCUT2D eigenvalue weighted by Gasteiger charge is -2.11. The van der Waals surface area contributed by atoms with Crippen LogP contribution < -0.4 is 10.6 Å². The number of benzene rings is 2. The van der Waals surface area contributed by atoms with Crippen LogP contribution in [0.4, 0.5) is 5.69 Å². The number of thiophene rings is 1. The fourth-order valence-electron chi connectivity index (χ4n) is 2.49. The van der Waals surface area contributed by atoms with E-state index in [0.717, 1.165) is 11.1 Å². The van der Waals surface area contributed by atoms with Gasteiger partial charge in [0.1, 0.15) is 6.54 Å². The maximum absolute atomic E-state index is 12.2. The van der Waals surface area contributed by atoms with Gasteiger partial charge in [-0.25, -0.2) is 0 Å². The van der Waals surface area contributed by atoms with E-state index in [2.05, 4.69) is 10.6 Å². The minimum atomic E-state index is -0.684. The van der Waals surface area contributed by atoms with Crippen LogP contribution in [0.2, 0.25) is 0 Å². The lowest BCUT2D eigenvalue weighted by Crippen LogP contribution is -2.31. The SMILES string of the molecule is O=C(COC(=O)CNC(=O)c1cccs1)Nc1ccccc1-c1ccccc1. The molecule has 0 bridgehead atoms. The highest BCUT2D eigenvalue weighted by Gasteiger charge is 2.13. The minimum Gasteiger partial charge on any atom is -0.454 e. The van der Waals surface area contributed by atoms with Crippen LogP contribution in [0.25, 0.3) is 11.1 Å². The Hall–Kier alpha value is -3.45. The minimum absolute atomic E-state index is 0.301. The largest absolute Gasteiger partial charge is 0.454 e. The number of amides is 2. The molecule has 0 spiro atoms. The third-order valence-electron chi connectivity index (χ3n) is 3.79. The van der Waals surface area contributed by atoms with Crippen LogP contribution in [0.3, 0.4) is 0 Å². The number of nitrogens with one attached hydrogen (secondary N) is 2. The van der Waals surface area contributed by atoms with E-state index in [1.54, 1.807) is 23.6 Å². The highest BCUT2D eigenvalue weighted by atomic mass is 32.1. The number of carbonyl (C=O) groups excluding carboxylic acids is 3. The van der Waals surface area contributed by atoms with Crippen molar-refractivity contribution >= 4 is 34.8 Å². The van der Waals surface area contributed by atoms with E-state index in [0.29, 0.717) is 10.6 Å². The van der Waals surface area contributed by atoms with Crippen LogP contribution in [0.15, 0.2) is 72.1 Å². The third-order valence-corrected chi connectivity index (χ3v) is 4.66. The molecule has 2 amide bonds. The molecule has 0 radical (unpaired) electrons. The van der Waals surface area contributed by atoms with Crippen molar-refractivity contribution in [3.05, 3.63) is 77.0 Å². The maximum atomic E-state index is 12.2. The summed E-state index contributed by atoms with van der Waals surface area (Å²) in [6, 6.07) is 20.4. The lowest BCUT2D eigenvalue weighted by molar-refractivity contribution is -0.146. The van der Waals surface area contributed by atoms with E-state index in [-0.39, 0.29) is 12.5 Å². The molecule has 3 aromatic rings. The molecule has 2 aromatic carbocycles. The summed E-state index contributed by atoms with van der Waals surface area (Å²) in [5.41, 5.74) is 2.46. The standard InChI is InChI=1S/C21H18N2O4S/c24-19(14-27-20(25)13-22-21(26)18-11-6-12-28-18)23-17-10-5-4-9-16(17)15-7-2-1-3-8-15/h1-12H,13-14H2,(H,22,26)(H,23,24). The van der Waals surface area contributed by atoms with E-state index >= 15 is 0 Å². The van der Waals surface area contributed by atoms with Crippen LogP contribution >= 0.6 is 11.3 Å². The van der Waals surface area contributed by atoms with E-state index in [4.69, 9.17) is 4.74 Å². The summed E-state index contributed by atoms with van der Waals surface area (Å²) in [6.45, 7) is -0.735. The van der Waals surface area contributed by atoms with Crippen LogP contribution in [0, 0.1) is 0 Å². The van der Waals surface area contributed by atoms with Gasteiger partial charge in [-0.15, -0.1) is 11.3 Å². The molecule has 1 heterocycles. The Bertz CT molecular complexity index is 956. The molecule has 0 saturated carbocycles. The summed E-state index contributed by atoms with van der Waals surface area (Å²) in [7, 11) is 0. The van der Waals surface area contributed by atoms with Crippen molar-refractivity contribution in [3.8, 4) is 11.1 Å². The molecular formula is C21H18N2O4S. The highest BCUT2D eigenvalue weighted by Crippen LogP contribution is 2.27. The number of para-hydroxylation sites is 1. The summed E-state index contributed by atoms with van der Waals surface area (Å²) in [4.78, 5) is 36.2. The van der Waals surface area contributed by atoms with Gasteiger partial charge in [-0.3, -0.25) is 14.4 Å². The number of carbonyl (C=O) groups is 3. The van der Waals surface area contributed by atoms with Gasteiger partial charge in [-0.1, -0.05) is 54.6 Å². The van der Waals surface area contributed by atoms with E-state index < -0.39 is 18.5 Å². The Labute approximate surface area is 166 Å². The van der Waals surface area contributed by atoms with Gasteiger partial charge >= 0.3 is 5.97 Å². The molecule has 0 aliphatic rings. The number of hydrogen-bond donors (Lipinski definition) is 2. The zero-order valence-electron chi connectivity index (χ0n) is 14.9. The summed E-state index contributed by atoms with van der Waals surface area (Å²) in [5.74, 6) is -1.49. The van der Waals surface area contributed by atoms with Crippen molar-refractivity contribution in [1.29, 1.82) is 0 Å². The van der Waals surface area contributed by atoms with Gasteiger partial charge in [-0.05, 0) is 23.1 Å². The van der Waals surface area contributed by atoms with E-state index in [9.17, 15) is 14.4 Å². The molecule has 2 N–H and O–H groups in total. The molecular weight excluding hydrogens is 376 g/mol. The number of ether oxygens (including phenoxy) is 1. The van der Waals surface area contributed by atoms with E-state index in [1.807, 2.05) is 48.5 Å². The topological polar surface area (TPSA) is 84.5 Å². The van der Waals surface area contributed by atoms with Gasteiger partial charge in [0, 0.05) is 11.3 Å². The fourth-order valence-corrected chi connectivity index (χ4v) is 3.13. The van der Waals surface area contributed by atoms with Crippen molar-refractivity contribution in [1.82, 2.24) is 5.32 Å². The first kappa shape index (κ1) is 19.3. The van der Waals surface area contributed by atoms with Crippen molar-refractivity contribution in [2.75, 3.05) is 18.5 Å². The molecule has 6 nitrogen and oxygen atoms in total. The summed E-state index contributed by atoms with van der Waals surface area (Å²) >= 11 is 1.27. The van der Waals surface area contributed by atoms with Crippen molar-refractivity contribution in [2.24, 2.45) is 0 Å². The quantitative estimate of drug-likeness (QED) is 0.602. The zero-order valence-corrected chi connectivity index (χ0v) is 15.7.